The molecule has 5 nitrogen and oxygen atoms in total. The molecular formula is C15H16N2O3S. The van der Waals surface area contributed by atoms with E-state index < -0.39 is 0 Å². The van der Waals surface area contributed by atoms with Gasteiger partial charge in [-0.25, -0.2) is 4.98 Å². The minimum Gasteiger partial charge on any atom is -0.497 e. The van der Waals surface area contributed by atoms with Crippen LogP contribution in [-0.2, 0) is 9.53 Å². The smallest absolute Gasteiger partial charge is 0.319 e. The Hall–Kier alpha value is -1.95. The first-order chi connectivity index (χ1) is 10.2. The van der Waals surface area contributed by atoms with E-state index in [9.17, 15) is 4.79 Å². The quantitative estimate of drug-likeness (QED) is 0.813. The third-order valence-corrected chi connectivity index (χ3v) is 4.49. The van der Waals surface area contributed by atoms with Crippen LogP contribution in [0.15, 0.2) is 41.8 Å². The maximum absolute atomic E-state index is 11.8. The maximum atomic E-state index is 11.8. The lowest BCUT2D eigenvalue weighted by atomic mass is 10.3. The lowest BCUT2D eigenvalue weighted by Gasteiger charge is -2.10. The fourth-order valence-electron chi connectivity index (χ4n) is 2.28. The average Bonchev–Trinajstić information content (AvgIpc) is 3.06. The van der Waals surface area contributed by atoms with Crippen LogP contribution in [0.1, 0.15) is 13.3 Å². The first-order valence-electron chi connectivity index (χ1n) is 6.72. The summed E-state index contributed by atoms with van der Waals surface area (Å²) in [5.41, 5.74) is 0.953. The Morgan fingerprint density at radius 3 is 3.05 bits per heavy atom. The van der Waals surface area contributed by atoms with E-state index in [0.717, 1.165) is 16.6 Å². The summed E-state index contributed by atoms with van der Waals surface area (Å²) in [6, 6.07) is 7.73. The molecule has 0 aliphatic carbocycles. The van der Waals surface area contributed by atoms with Crippen molar-refractivity contribution in [1.29, 1.82) is 0 Å². The number of imidazole rings is 1. The number of aromatic nitrogens is 2. The second-order valence-corrected chi connectivity index (χ2v) is 6.04. The van der Waals surface area contributed by atoms with Crippen molar-refractivity contribution in [2.45, 2.75) is 29.9 Å². The Bertz CT molecular complexity index is 656. The number of ether oxygens (including phenoxy) is 2. The number of rotatable bonds is 4. The van der Waals surface area contributed by atoms with Gasteiger partial charge in [0.25, 0.3) is 0 Å². The number of thioether (sulfide) groups is 1. The van der Waals surface area contributed by atoms with E-state index in [1.165, 1.54) is 11.8 Å². The van der Waals surface area contributed by atoms with E-state index >= 15 is 0 Å². The third-order valence-electron chi connectivity index (χ3n) is 3.31. The van der Waals surface area contributed by atoms with Crippen molar-refractivity contribution in [1.82, 2.24) is 9.55 Å². The molecule has 1 aliphatic rings. The highest BCUT2D eigenvalue weighted by molar-refractivity contribution is 8.00. The van der Waals surface area contributed by atoms with Gasteiger partial charge in [0.05, 0.1) is 12.8 Å². The summed E-state index contributed by atoms with van der Waals surface area (Å²) in [4.78, 5) is 16.1. The lowest BCUT2D eigenvalue weighted by Crippen LogP contribution is -2.10. The van der Waals surface area contributed by atoms with Gasteiger partial charge in [0.15, 0.2) is 5.16 Å². The highest BCUT2D eigenvalue weighted by Crippen LogP contribution is 2.32. The topological polar surface area (TPSA) is 53.4 Å². The summed E-state index contributed by atoms with van der Waals surface area (Å²) in [5.74, 6) is 0.624. The molecular weight excluding hydrogens is 288 g/mol. The molecule has 6 heteroatoms. The molecule has 1 fully saturated rings. The number of methoxy groups -OCH3 is 1. The summed E-state index contributed by atoms with van der Waals surface area (Å²) >= 11 is 1.44. The van der Waals surface area contributed by atoms with Gasteiger partial charge in [-0.05, 0) is 19.1 Å². The zero-order chi connectivity index (χ0) is 14.8. The van der Waals surface area contributed by atoms with Gasteiger partial charge in [0.2, 0.25) is 0 Å². The molecule has 0 amide bonds. The highest BCUT2D eigenvalue weighted by Gasteiger charge is 2.33. The minimum atomic E-state index is -0.188. The van der Waals surface area contributed by atoms with Gasteiger partial charge in [-0.2, -0.15) is 0 Å². The zero-order valence-corrected chi connectivity index (χ0v) is 12.7. The summed E-state index contributed by atoms with van der Waals surface area (Å²) in [7, 11) is 1.64. The Labute approximate surface area is 127 Å². The van der Waals surface area contributed by atoms with E-state index in [4.69, 9.17) is 9.47 Å². The van der Waals surface area contributed by atoms with Gasteiger partial charge in [-0.3, -0.25) is 9.36 Å². The van der Waals surface area contributed by atoms with Crippen LogP contribution in [0.25, 0.3) is 5.69 Å². The molecule has 0 saturated carbocycles. The second-order valence-electron chi connectivity index (χ2n) is 4.87. The van der Waals surface area contributed by atoms with Crippen LogP contribution >= 0.6 is 11.8 Å². The van der Waals surface area contributed by atoms with Crippen molar-refractivity contribution in [3.05, 3.63) is 36.7 Å². The van der Waals surface area contributed by atoms with Gasteiger partial charge in [0, 0.05) is 24.9 Å². The average molecular weight is 304 g/mol. The molecule has 0 N–H and O–H groups in total. The summed E-state index contributed by atoms with van der Waals surface area (Å²) in [6.07, 6.45) is 4.30. The van der Waals surface area contributed by atoms with Crippen molar-refractivity contribution in [2.24, 2.45) is 0 Å². The number of carbonyl (C=O) groups is 1. The van der Waals surface area contributed by atoms with Crippen molar-refractivity contribution in [3.63, 3.8) is 0 Å². The number of nitrogens with zero attached hydrogens (tertiary/aromatic N) is 2. The number of hydrogen-bond acceptors (Lipinski definition) is 5. The fraction of sp³-hybridized carbons (Fsp3) is 0.333. The molecule has 1 aromatic heterocycles. The van der Waals surface area contributed by atoms with Crippen LogP contribution in [-0.4, -0.2) is 34.0 Å². The van der Waals surface area contributed by atoms with E-state index in [1.54, 1.807) is 13.3 Å². The van der Waals surface area contributed by atoms with E-state index in [2.05, 4.69) is 4.98 Å². The molecule has 2 aromatic rings. The van der Waals surface area contributed by atoms with Crippen molar-refractivity contribution in [3.8, 4) is 11.4 Å². The van der Waals surface area contributed by atoms with Crippen LogP contribution in [0.4, 0.5) is 0 Å². The molecule has 0 bridgehead atoms. The second kappa shape index (κ2) is 5.81. The van der Waals surface area contributed by atoms with Gasteiger partial charge in [0.1, 0.15) is 17.1 Å². The lowest BCUT2D eigenvalue weighted by molar-refractivity contribution is -0.140. The van der Waals surface area contributed by atoms with Crippen LogP contribution in [0.5, 0.6) is 5.75 Å². The molecule has 2 unspecified atom stereocenters. The molecule has 0 radical (unpaired) electrons. The molecule has 110 valence electrons. The third kappa shape index (κ3) is 2.90. The van der Waals surface area contributed by atoms with Gasteiger partial charge >= 0.3 is 5.97 Å². The molecule has 2 atom stereocenters. The van der Waals surface area contributed by atoms with Crippen molar-refractivity contribution < 1.29 is 14.3 Å². The number of benzene rings is 1. The first kappa shape index (κ1) is 14.0. The first-order valence-corrected chi connectivity index (χ1v) is 7.60. The predicted octanol–water partition coefficient (Wildman–Crippen LogP) is 2.68. The Morgan fingerprint density at radius 1 is 1.48 bits per heavy atom. The molecule has 3 rings (SSSR count). The molecule has 0 spiro atoms. The standard InChI is InChI=1S/C15H16N2O3S/c1-10-8-13(14(18)20-10)21-15-16-6-7-17(15)11-4-3-5-12(9-11)19-2/h3-7,9-10,13H,8H2,1-2H3. The number of carbonyl (C=O) groups excluding carboxylic acids is 1. The van der Waals surface area contributed by atoms with Gasteiger partial charge in [-0.15, -0.1) is 0 Å². The van der Waals surface area contributed by atoms with Crippen molar-refractivity contribution >= 4 is 17.7 Å². The van der Waals surface area contributed by atoms with Gasteiger partial charge < -0.3 is 9.47 Å². The maximum Gasteiger partial charge on any atom is 0.319 e. The zero-order valence-electron chi connectivity index (χ0n) is 11.9. The molecule has 1 aliphatic heterocycles. The van der Waals surface area contributed by atoms with Crippen LogP contribution in [0.2, 0.25) is 0 Å². The Kier molecular flexibility index (Phi) is 3.88. The Balaban J connectivity index is 1.85. The summed E-state index contributed by atoms with van der Waals surface area (Å²) in [5, 5.41) is 0.589. The highest BCUT2D eigenvalue weighted by atomic mass is 32.2. The number of hydrogen-bond donors (Lipinski definition) is 0. The van der Waals surface area contributed by atoms with E-state index in [0.29, 0.717) is 6.42 Å². The molecule has 21 heavy (non-hydrogen) atoms. The predicted molar refractivity (Wildman–Crippen MR) is 79.9 cm³/mol. The number of esters is 1. The molecule has 1 aromatic carbocycles. The minimum absolute atomic E-state index is 0.0183. The summed E-state index contributed by atoms with van der Waals surface area (Å²) < 4.78 is 12.4. The monoisotopic (exact) mass is 304 g/mol. The van der Waals surface area contributed by atoms with Crippen LogP contribution in [0.3, 0.4) is 0 Å². The van der Waals surface area contributed by atoms with Crippen LogP contribution < -0.4 is 4.74 Å². The van der Waals surface area contributed by atoms with E-state index in [-0.39, 0.29) is 17.3 Å². The molecule has 2 heterocycles. The fourth-order valence-corrected chi connectivity index (χ4v) is 3.45. The summed E-state index contributed by atoms with van der Waals surface area (Å²) in [6.45, 7) is 1.91. The Morgan fingerprint density at radius 2 is 2.33 bits per heavy atom. The van der Waals surface area contributed by atoms with Crippen molar-refractivity contribution in [2.75, 3.05) is 7.11 Å². The largest absolute Gasteiger partial charge is 0.497 e. The SMILES string of the molecule is COc1cccc(-n2ccnc2SC2CC(C)OC2=O)c1. The van der Waals surface area contributed by atoms with E-state index in [1.807, 2.05) is 42.0 Å². The van der Waals surface area contributed by atoms with Crippen LogP contribution in [0, 0.1) is 0 Å². The van der Waals surface area contributed by atoms with Gasteiger partial charge in [-0.1, -0.05) is 17.8 Å². The number of cyclic esters (lactones) is 1. The normalized spacial score (nSPS) is 21.3. The molecule has 1 saturated heterocycles.